The van der Waals surface area contributed by atoms with Crippen molar-refractivity contribution >= 4 is 29.0 Å². The highest BCUT2D eigenvalue weighted by Crippen LogP contribution is 2.18. The van der Waals surface area contributed by atoms with E-state index in [-0.39, 0.29) is 5.91 Å². The molecule has 0 bridgehead atoms. The van der Waals surface area contributed by atoms with Crippen molar-refractivity contribution in [2.24, 2.45) is 0 Å². The molecule has 0 saturated carbocycles. The van der Waals surface area contributed by atoms with Crippen LogP contribution in [0, 0.1) is 6.92 Å². The molecule has 94 valence electrons. The monoisotopic (exact) mass is 254 g/mol. The van der Waals surface area contributed by atoms with Crippen molar-refractivity contribution in [3.8, 4) is 0 Å². The second-order valence-electron chi connectivity index (χ2n) is 3.67. The van der Waals surface area contributed by atoms with Crippen LogP contribution >= 0.6 is 11.8 Å². The van der Waals surface area contributed by atoms with Gasteiger partial charge in [0, 0.05) is 24.2 Å². The molecule has 0 aliphatic carbocycles. The minimum absolute atomic E-state index is 0.0141. The van der Waals surface area contributed by atoms with Gasteiger partial charge in [0.25, 0.3) is 0 Å². The molecule has 0 aliphatic rings. The van der Waals surface area contributed by atoms with E-state index in [1.54, 1.807) is 24.9 Å². The van der Waals surface area contributed by atoms with Crippen LogP contribution in [0.5, 0.6) is 0 Å². The third-order valence-electron chi connectivity index (χ3n) is 2.20. The number of anilines is 2. The summed E-state index contributed by atoms with van der Waals surface area (Å²) in [4.78, 5) is 11.6. The second-order valence-corrected chi connectivity index (χ2v) is 4.77. The van der Waals surface area contributed by atoms with Gasteiger partial charge in [-0.25, -0.2) is 0 Å². The van der Waals surface area contributed by atoms with Crippen molar-refractivity contribution in [2.45, 2.75) is 6.92 Å². The largest absolute Gasteiger partial charge is 0.399 e. The van der Waals surface area contributed by atoms with Gasteiger partial charge < -0.3 is 15.8 Å². The molecule has 0 radical (unpaired) electrons. The van der Waals surface area contributed by atoms with Gasteiger partial charge >= 0.3 is 0 Å². The van der Waals surface area contributed by atoms with Gasteiger partial charge in [-0.15, -0.1) is 11.8 Å². The number of benzene rings is 1. The molecule has 0 spiro atoms. The lowest BCUT2D eigenvalue weighted by molar-refractivity contribution is -0.113. The van der Waals surface area contributed by atoms with Crippen molar-refractivity contribution in [3.05, 3.63) is 23.8 Å². The summed E-state index contributed by atoms with van der Waals surface area (Å²) in [6, 6.07) is 5.48. The fraction of sp³-hybridized carbons (Fsp3) is 0.417. The van der Waals surface area contributed by atoms with Gasteiger partial charge in [0.05, 0.1) is 12.4 Å². The molecule has 1 aromatic rings. The highest BCUT2D eigenvalue weighted by atomic mass is 32.2. The molecule has 0 aliphatic heterocycles. The molecule has 3 N–H and O–H groups in total. The molecular weight excluding hydrogens is 236 g/mol. The average Bonchev–Trinajstić information content (AvgIpc) is 2.29. The van der Waals surface area contributed by atoms with Gasteiger partial charge in [-0.2, -0.15) is 0 Å². The number of carbonyl (C=O) groups is 1. The van der Waals surface area contributed by atoms with Crippen LogP contribution in [0.1, 0.15) is 5.56 Å². The highest BCUT2D eigenvalue weighted by Gasteiger charge is 2.05. The number of nitrogens with two attached hydrogens (primary N) is 1. The molecule has 0 aromatic heterocycles. The van der Waals surface area contributed by atoms with Crippen LogP contribution in [0.3, 0.4) is 0 Å². The highest BCUT2D eigenvalue weighted by molar-refractivity contribution is 7.99. The standard InChI is InChI=1S/C12H18N2O2S/c1-9-3-4-10(13)7-11(9)14-12(15)8-17-6-5-16-2/h3-4,7H,5-6,8,13H2,1-2H3,(H,14,15). The zero-order chi connectivity index (χ0) is 12.7. The van der Waals surface area contributed by atoms with Gasteiger partial charge in [0.15, 0.2) is 0 Å². The number of thioether (sulfide) groups is 1. The van der Waals surface area contributed by atoms with E-state index in [9.17, 15) is 4.79 Å². The van der Waals surface area contributed by atoms with Gasteiger partial charge in [-0.3, -0.25) is 4.79 Å². The van der Waals surface area contributed by atoms with Gasteiger partial charge in [-0.05, 0) is 24.6 Å². The Balaban J connectivity index is 2.42. The van der Waals surface area contributed by atoms with Crippen LogP contribution in [0.15, 0.2) is 18.2 Å². The normalized spacial score (nSPS) is 10.2. The predicted molar refractivity (Wildman–Crippen MR) is 73.4 cm³/mol. The lowest BCUT2D eigenvalue weighted by atomic mass is 10.2. The van der Waals surface area contributed by atoms with Crippen LogP contribution in [0.2, 0.25) is 0 Å². The quantitative estimate of drug-likeness (QED) is 0.601. The molecule has 4 nitrogen and oxygen atoms in total. The summed E-state index contributed by atoms with van der Waals surface area (Å²) in [7, 11) is 1.65. The van der Waals surface area contributed by atoms with Crippen molar-refractivity contribution in [1.82, 2.24) is 0 Å². The molecule has 1 amide bonds. The molecular formula is C12H18N2O2S. The van der Waals surface area contributed by atoms with E-state index >= 15 is 0 Å². The predicted octanol–water partition coefficient (Wildman–Crippen LogP) is 1.90. The van der Waals surface area contributed by atoms with Gasteiger partial charge in [0.2, 0.25) is 5.91 Å². The fourth-order valence-electron chi connectivity index (χ4n) is 1.27. The second kappa shape index (κ2) is 7.19. The number of hydrogen-bond acceptors (Lipinski definition) is 4. The minimum Gasteiger partial charge on any atom is -0.399 e. The van der Waals surface area contributed by atoms with Crippen LogP contribution < -0.4 is 11.1 Å². The smallest absolute Gasteiger partial charge is 0.234 e. The Bertz CT molecular complexity index is 383. The van der Waals surface area contributed by atoms with Crippen molar-refractivity contribution < 1.29 is 9.53 Å². The SMILES string of the molecule is COCCSCC(=O)Nc1cc(N)ccc1C. The first-order valence-corrected chi connectivity index (χ1v) is 6.51. The van der Waals surface area contributed by atoms with Crippen molar-refractivity contribution in [3.63, 3.8) is 0 Å². The Morgan fingerprint density at radius 3 is 3.00 bits per heavy atom. The molecule has 0 unspecified atom stereocenters. The van der Waals surface area contributed by atoms with Crippen LogP contribution in [-0.4, -0.2) is 31.1 Å². The minimum atomic E-state index is -0.0141. The number of aryl methyl sites for hydroxylation is 1. The van der Waals surface area contributed by atoms with Crippen molar-refractivity contribution in [1.29, 1.82) is 0 Å². The Hall–Kier alpha value is -1.20. The summed E-state index contributed by atoms with van der Waals surface area (Å²) in [6.07, 6.45) is 0. The number of rotatable bonds is 6. The number of carbonyl (C=O) groups excluding carboxylic acids is 1. The Labute approximate surface area is 106 Å². The lowest BCUT2D eigenvalue weighted by Crippen LogP contribution is -2.15. The number of nitrogens with one attached hydrogen (secondary N) is 1. The molecule has 5 heteroatoms. The summed E-state index contributed by atoms with van der Waals surface area (Å²) in [5.41, 5.74) is 8.11. The summed E-state index contributed by atoms with van der Waals surface area (Å²) < 4.78 is 4.91. The summed E-state index contributed by atoms with van der Waals surface area (Å²) in [6.45, 7) is 2.60. The van der Waals surface area contributed by atoms with E-state index in [1.165, 1.54) is 0 Å². The molecule has 1 rings (SSSR count). The maximum atomic E-state index is 11.6. The van der Waals surface area contributed by atoms with Crippen molar-refractivity contribution in [2.75, 3.05) is 36.3 Å². The first kappa shape index (κ1) is 13.9. The maximum absolute atomic E-state index is 11.6. The molecule has 0 saturated heterocycles. The van der Waals surface area contributed by atoms with E-state index in [4.69, 9.17) is 10.5 Å². The third kappa shape index (κ3) is 5.10. The fourth-order valence-corrected chi connectivity index (χ4v) is 1.95. The Morgan fingerprint density at radius 1 is 1.53 bits per heavy atom. The topological polar surface area (TPSA) is 64.3 Å². The summed E-state index contributed by atoms with van der Waals surface area (Å²) in [5, 5.41) is 2.85. The zero-order valence-corrected chi connectivity index (χ0v) is 11.0. The molecule has 0 atom stereocenters. The van der Waals surface area contributed by atoms with Gasteiger partial charge in [-0.1, -0.05) is 6.07 Å². The Morgan fingerprint density at radius 2 is 2.29 bits per heavy atom. The molecule has 17 heavy (non-hydrogen) atoms. The zero-order valence-electron chi connectivity index (χ0n) is 10.2. The first-order valence-electron chi connectivity index (χ1n) is 5.36. The summed E-state index contributed by atoms with van der Waals surface area (Å²) >= 11 is 1.55. The third-order valence-corrected chi connectivity index (χ3v) is 3.12. The van der Waals surface area contributed by atoms with Gasteiger partial charge in [0.1, 0.15) is 0 Å². The Kier molecular flexibility index (Phi) is 5.86. The number of amides is 1. The number of methoxy groups -OCH3 is 1. The van der Waals surface area contributed by atoms with E-state index in [1.807, 2.05) is 19.1 Å². The van der Waals surface area contributed by atoms with E-state index in [2.05, 4.69) is 5.32 Å². The number of nitrogen functional groups attached to an aromatic ring is 1. The number of ether oxygens (including phenoxy) is 1. The maximum Gasteiger partial charge on any atom is 0.234 e. The van der Waals surface area contributed by atoms with E-state index in [0.717, 1.165) is 17.0 Å². The first-order chi connectivity index (χ1) is 8.13. The van der Waals surface area contributed by atoms with Crippen LogP contribution in [-0.2, 0) is 9.53 Å². The van der Waals surface area contributed by atoms with Crippen LogP contribution in [0.4, 0.5) is 11.4 Å². The van der Waals surface area contributed by atoms with E-state index in [0.29, 0.717) is 18.0 Å². The van der Waals surface area contributed by atoms with E-state index < -0.39 is 0 Å². The van der Waals surface area contributed by atoms with Crippen LogP contribution in [0.25, 0.3) is 0 Å². The number of hydrogen-bond donors (Lipinski definition) is 2. The average molecular weight is 254 g/mol. The lowest BCUT2D eigenvalue weighted by Gasteiger charge is -2.09. The molecule has 0 heterocycles. The summed E-state index contributed by atoms with van der Waals surface area (Å²) in [5.74, 6) is 1.23. The molecule has 0 fully saturated rings. The molecule has 1 aromatic carbocycles.